The predicted octanol–water partition coefficient (Wildman–Crippen LogP) is 3.86. The molecule has 0 bridgehead atoms. The highest BCUT2D eigenvalue weighted by atomic mass is 79.9. The summed E-state index contributed by atoms with van der Waals surface area (Å²) < 4.78 is 6.84. The van der Waals surface area contributed by atoms with Crippen molar-refractivity contribution in [2.24, 2.45) is 0 Å². The molecule has 0 spiro atoms. The molecule has 1 aromatic carbocycles. The molecule has 1 saturated carbocycles. The third-order valence-electron chi connectivity index (χ3n) is 3.17. The molecule has 1 aromatic rings. The zero-order valence-corrected chi connectivity index (χ0v) is 10.0. The van der Waals surface area contributed by atoms with Gasteiger partial charge in [0, 0.05) is 11.6 Å². The summed E-state index contributed by atoms with van der Waals surface area (Å²) in [6.45, 7) is 0. The van der Waals surface area contributed by atoms with Crippen molar-refractivity contribution in [3.63, 3.8) is 0 Å². The highest BCUT2D eigenvalue weighted by Gasteiger charge is 2.35. The Bertz CT molecular complexity index is 299. The Balaban J connectivity index is 2.31. The van der Waals surface area contributed by atoms with E-state index in [-0.39, 0.29) is 5.60 Å². The van der Waals surface area contributed by atoms with Crippen LogP contribution < -0.4 is 0 Å². The Morgan fingerprint density at radius 1 is 1.14 bits per heavy atom. The second-order valence-electron chi connectivity index (χ2n) is 3.91. The van der Waals surface area contributed by atoms with Crippen molar-refractivity contribution in [1.29, 1.82) is 0 Å². The van der Waals surface area contributed by atoms with Crippen molar-refractivity contribution in [2.45, 2.75) is 31.3 Å². The van der Waals surface area contributed by atoms with Gasteiger partial charge in [-0.25, -0.2) is 0 Å². The first kappa shape index (κ1) is 10.2. The van der Waals surface area contributed by atoms with Gasteiger partial charge in [0.1, 0.15) is 0 Å². The molecule has 76 valence electrons. The SMILES string of the molecule is COC1(c2ccc(Br)cc2)CCCC1. The maximum Gasteiger partial charge on any atom is 0.0927 e. The highest BCUT2D eigenvalue weighted by molar-refractivity contribution is 9.10. The lowest BCUT2D eigenvalue weighted by molar-refractivity contribution is -0.00870. The smallest absolute Gasteiger partial charge is 0.0927 e. The maximum absolute atomic E-state index is 5.71. The van der Waals surface area contributed by atoms with Crippen LogP contribution >= 0.6 is 15.9 Å². The first-order valence-electron chi connectivity index (χ1n) is 5.08. The first-order valence-corrected chi connectivity index (χ1v) is 5.87. The normalized spacial score (nSPS) is 19.9. The molecule has 0 unspecified atom stereocenters. The zero-order valence-electron chi connectivity index (χ0n) is 8.42. The average Bonchev–Trinajstić information content (AvgIpc) is 2.68. The molecule has 1 aliphatic carbocycles. The van der Waals surface area contributed by atoms with Crippen LogP contribution in [0.3, 0.4) is 0 Å². The minimum atomic E-state index is 0.000694. The number of halogens is 1. The molecule has 0 aliphatic heterocycles. The number of ether oxygens (including phenoxy) is 1. The van der Waals surface area contributed by atoms with Gasteiger partial charge in [-0.1, -0.05) is 40.9 Å². The number of hydrogen-bond acceptors (Lipinski definition) is 1. The van der Waals surface area contributed by atoms with E-state index in [0.717, 1.165) is 17.3 Å². The standard InChI is InChI=1S/C12H15BrO/c1-14-12(8-2-3-9-12)10-4-6-11(13)7-5-10/h4-7H,2-3,8-9H2,1H3. The highest BCUT2D eigenvalue weighted by Crippen LogP contribution is 2.41. The molecule has 0 N–H and O–H groups in total. The van der Waals surface area contributed by atoms with Gasteiger partial charge in [-0.15, -0.1) is 0 Å². The Labute approximate surface area is 93.6 Å². The molecular formula is C12H15BrO. The molecule has 14 heavy (non-hydrogen) atoms. The molecule has 0 heterocycles. The van der Waals surface area contributed by atoms with Gasteiger partial charge in [-0.3, -0.25) is 0 Å². The Morgan fingerprint density at radius 2 is 1.71 bits per heavy atom. The van der Waals surface area contributed by atoms with E-state index in [1.165, 1.54) is 18.4 Å². The summed E-state index contributed by atoms with van der Waals surface area (Å²) >= 11 is 3.45. The summed E-state index contributed by atoms with van der Waals surface area (Å²) in [6.07, 6.45) is 4.88. The molecule has 1 nitrogen and oxygen atoms in total. The lowest BCUT2D eigenvalue weighted by Gasteiger charge is -2.28. The first-order chi connectivity index (χ1) is 6.77. The van der Waals surface area contributed by atoms with E-state index in [2.05, 4.69) is 40.2 Å². The second kappa shape index (κ2) is 4.03. The van der Waals surface area contributed by atoms with Gasteiger partial charge in [0.2, 0.25) is 0 Å². The van der Waals surface area contributed by atoms with E-state index in [4.69, 9.17) is 4.74 Å². The quantitative estimate of drug-likeness (QED) is 0.779. The van der Waals surface area contributed by atoms with Crippen molar-refractivity contribution in [2.75, 3.05) is 7.11 Å². The van der Waals surface area contributed by atoms with Crippen LogP contribution in [0.4, 0.5) is 0 Å². The van der Waals surface area contributed by atoms with Crippen molar-refractivity contribution in [1.82, 2.24) is 0 Å². The van der Waals surface area contributed by atoms with Crippen molar-refractivity contribution in [3.8, 4) is 0 Å². The lowest BCUT2D eigenvalue weighted by atomic mass is 9.92. The van der Waals surface area contributed by atoms with E-state index in [9.17, 15) is 0 Å². The van der Waals surface area contributed by atoms with E-state index < -0.39 is 0 Å². The van der Waals surface area contributed by atoms with Crippen LogP contribution in [0.25, 0.3) is 0 Å². The summed E-state index contributed by atoms with van der Waals surface area (Å²) in [6, 6.07) is 8.51. The molecule has 0 atom stereocenters. The topological polar surface area (TPSA) is 9.23 Å². The molecule has 0 aromatic heterocycles. The molecular weight excluding hydrogens is 240 g/mol. The van der Waals surface area contributed by atoms with Gasteiger partial charge in [0.05, 0.1) is 5.60 Å². The second-order valence-corrected chi connectivity index (χ2v) is 4.83. The third-order valence-corrected chi connectivity index (χ3v) is 3.70. The van der Waals surface area contributed by atoms with Gasteiger partial charge >= 0.3 is 0 Å². The monoisotopic (exact) mass is 254 g/mol. The van der Waals surface area contributed by atoms with Gasteiger partial charge < -0.3 is 4.74 Å². The summed E-state index contributed by atoms with van der Waals surface area (Å²) in [4.78, 5) is 0. The minimum Gasteiger partial charge on any atom is -0.374 e. The number of methoxy groups -OCH3 is 1. The maximum atomic E-state index is 5.71. The molecule has 0 radical (unpaired) electrons. The summed E-state index contributed by atoms with van der Waals surface area (Å²) in [5.74, 6) is 0. The molecule has 0 saturated heterocycles. The molecule has 2 heteroatoms. The fraction of sp³-hybridized carbons (Fsp3) is 0.500. The third kappa shape index (κ3) is 1.73. The number of rotatable bonds is 2. The molecule has 1 fully saturated rings. The largest absolute Gasteiger partial charge is 0.374 e. The number of hydrogen-bond donors (Lipinski definition) is 0. The van der Waals surface area contributed by atoms with Gasteiger partial charge in [-0.05, 0) is 30.5 Å². The fourth-order valence-corrected chi connectivity index (χ4v) is 2.57. The van der Waals surface area contributed by atoms with E-state index in [1.807, 2.05) is 7.11 Å². The van der Waals surface area contributed by atoms with Crippen LogP contribution in [0, 0.1) is 0 Å². The van der Waals surface area contributed by atoms with Crippen LogP contribution in [0.1, 0.15) is 31.2 Å². The van der Waals surface area contributed by atoms with E-state index in [0.29, 0.717) is 0 Å². The Hall–Kier alpha value is -0.340. The van der Waals surface area contributed by atoms with Crippen molar-refractivity contribution in [3.05, 3.63) is 34.3 Å². The van der Waals surface area contributed by atoms with Crippen LogP contribution in [-0.2, 0) is 10.3 Å². The lowest BCUT2D eigenvalue weighted by Crippen LogP contribution is -2.24. The van der Waals surface area contributed by atoms with Gasteiger partial charge in [-0.2, -0.15) is 0 Å². The zero-order chi connectivity index (χ0) is 10.0. The van der Waals surface area contributed by atoms with E-state index >= 15 is 0 Å². The molecule has 1 aliphatic rings. The molecule has 0 amide bonds. The predicted molar refractivity (Wildman–Crippen MR) is 61.3 cm³/mol. The van der Waals surface area contributed by atoms with Crippen LogP contribution in [0.2, 0.25) is 0 Å². The fourth-order valence-electron chi connectivity index (χ4n) is 2.31. The van der Waals surface area contributed by atoms with Crippen LogP contribution in [-0.4, -0.2) is 7.11 Å². The summed E-state index contributed by atoms with van der Waals surface area (Å²) in [5, 5.41) is 0. The minimum absolute atomic E-state index is 0.000694. The Kier molecular flexibility index (Phi) is 2.93. The van der Waals surface area contributed by atoms with E-state index in [1.54, 1.807) is 0 Å². The van der Waals surface area contributed by atoms with Crippen molar-refractivity contribution >= 4 is 15.9 Å². The van der Waals surface area contributed by atoms with Crippen molar-refractivity contribution < 1.29 is 4.74 Å². The molecule has 2 rings (SSSR count). The Morgan fingerprint density at radius 3 is 2.21 bits per heavy atom. The number of benzene rings is 1. The summed E-state index contributed by atoms with van der Waals surface area (Å²) in [7, 11) is 1.83. The van der Waals surface area contributed by atoms with Crippen LogP contribution in [0.5, 0.6) is 0 Å². The summed E-state index contributed by atoms with van der Waals surface area (Å²) in [5.41, 5.74) is 1.32. The van der Waals surface area contributed by atoms with Gasteiger partial charge in [0.15, 0.2) is 0 Å². The van der Waals surface area contributed by atoms with Crippen LogP contribution in [0.15, 0.2) is 28.7 Å². The van der Waals surface area contributed by atoms with Gasteiger partial charge in [0.25, 0.3) is 0 Å². The average molecular weight is 255 g/mol.